The lowest BCUT2D eigenvalue weighted by Gasteiger charge is -2.62. The number of nitriles is 1. The first kappa shape index (κ1) is 20.1. The molecule has 2 bridgehead atoms. The second-order valence-electron chi connectivity index (χ2n) is 9.30. The van der Waals surface area contributed by atoms with Crippen LogP contribution in [0.4, 0.5) is 0 Å². The minimum atomic E-state index is -1.07. The summed E-state index contributed by atoms with van der Waals surface area (Å²) in [6, 6.07) is 16.3. The van der Waals surface area contributed by atoms with Crippen LogP contribution in [-0.4, -0.2) is 47.5 Å². The first-order valence-corrected chi connectivity index (χ1v) is 10.9. The molecule has 0 unspecified atom stereocenters. The van der Waals surface area contributed by atoms with Crippen molar-refractivity contribution in [1.82, 2.24) is 4.90 Å². The quantitative estimate of drug-likeness (QED) is 0.803. The Labute approximate surface area is 183 Å². The van der Waals surface area contributed by atoms with E-state index in [-0.39, 0.29) is 17.7 Å². The molecule has 2 N–H and O–H groups in total. The van der Waals surface area contributed by atoms with Gasteiger partial charge in [0, 0.05) is 23.1 Å². The van der Waals surface area contributed by atoms with Gasteiger partial charge in [-0.05, 0) is 56.5 Å². The highest BCUT2D eigenvalue weighted by Crippen LogP contribution is 2.60. The highest BCUT2D eigenvalue weighted by Gasteiger charge is 2.64. The molecule has 5 nitrogen and oxygen atoms in total. The molecule has 2 aromatic rings. The van der Waals surface area contributed by atoms with Gasteiger partial charge in [-0.3, -0.25) is 0 Å². The van der Waals surface area contributed by atoms with E-state index < -0.39 is 11.0 Å². The predicted octanol–water partition coefficient (Wildman–Crippen LogP) is 3.34. The maximum Gasteiger partial charge on any atom is 0.162 e. The fraction of sp³-hybridized carbons (Fsp3) is 0.423. The van der Waals surface area contributed by atoms with E-state index in [0.717, 1.165) is 23.2 Å². The number of fused-ring (bicyclic) bond motifs is 1. The van der Waals surface area contributed by atoms with Crippen LogP contribution in [0.15, 0.2) is 54.1 Å². The van der Waals surface area contributed by atoms with Crippen LogP contribution >= 0.6 is 0 Å². The van der Waals surface area contributed by atoms with Crippen LogP contribution in [0.2, 0.25) is 0 Å². The number of likely N-dealkylation sites (tertiary alicyclic amines) is 1. The molecule has 0 spiro atoms. The molecule has 0 radical (unpaired) electrons. The Morgan fingerprint density at radius 1 is 1.23 bits per heavy atom. The molecule has 5 heteroatoms. The lowest BCUT2D eigenvalue weighted by molar-refractivity contribution is -0.140. The third-order valence-electron chi connectivity index (χ3n) is 7.87. The number of rotatable bonds is 3. The molecule has 2 aliphatic carbocycles. The summed E-state index contributed by atoms with van der Waals surface area (Å²) in [4.78, 5) is 2.24. The SMILES string of the molecule is COc1ccc2c(c1O)[C@]13C=C(C#N)[C@H](Cc4ccccc4)C[C@@]1(O)[C@H](C2)N(C)CC3. The minimum Gasteiger partial charge on any atom is -0.504 e. The number of hydrogen-bond acceptors (Lipinski definition) is 5. The molecule has 31 heavy (non-hydrogen) atoms. The van der Waals surface area contributed by atoms with E-state index in [1.807, 2.05) is 30.3 Å². The van der Waals surface area contributed by atoms with Gasteiger partial charge in [0.15, 0.2) is 11.5 Å². The van der Waals surface area contributed by atoms with Gasteiger partial charge in [-0.25, -0.2) is 0 Å². The van der Waals surface area contributed by atoms with E-state index in [9.17, 15) is 15.5 Å². The molecule has 4 atom stereocenters. The van der Waals surface area contributed by atoms with E-state index in [0.29, 0.717) is 37.0 Å². The van der Waals surface area contributed by atoms with Crippen molar-refractivity contribution in [2.75, 3.05) is 20.7 Å². The van der Waals surface area contributed by atoms with Crippen molar-refractivity contribution in [2.45, 2.75) is 42.7 Å². The Morgan fingerprint density at radius 2 is 2.00 bits per heavy atom. The monoisotopic (exact) mass is 416 g/mol. The van der Waals surface area contributed by atoms with E-state index in [4.69, 9.17) is 4.74 Å². The van der Waals surface area contributed by atoms with Crippen LogP contribution in [0.3, 0.4) is 0 Å². The molecule has 1 saturated heterocycles. The fourth-order valence-corrected chi connectivity index (χ4v) is 6.37. The van der Waals surface area contributed by atoms with Crippen molar-refractivity contribution < 1.29 is 14.9 Å². The van der Waals surface area contributed by atoms with Crippen LogP contribution in [0.5, 0.6) is 11.5 Å². The number of piperidine rings is 1. The summed E-state index contributed by atoms with van der Waals surface area (Å²) in [7, 11) is 3.61. The van der Waals surface area contributed by atoms with Crippen molar-refractivity contribution in [1.29, 1.82) is 5.26 Å². The van der Waals surface area contributed by atoms with Crippen molar-refractivity contribution in [3.05, 3.63) is 70.8 Å². The average Bonchev–Trinajstić information content (AvgIpc) is 2.76. The summed E-state index contributed by atoms with van der Waals surface area (Å²) in [5.41, 5.74) is 1.75. The molecule has 1 fully saturated rings. The van der Waals surface area contributed by atoms with Gasteiger partial charge < -0.3 is 19.8 Å². The number of phenolic OH excluding ortho intramolecular Hbond substituents is 1. The first-order chi connectivity index (χ1) is 14.9. The number of ether oxygens (including phenoxy) is 1. The van der Waals surface area contributed by atoms with Crippen LogP contribution < -0.4 is 4.74 Å². The summed E-state index contributed by atoms with van der Waals surface area (Å²) in [6.07, 6.45) is 4.50. The molecule has 0 aromatic heterocycles. The van der Waals surface area contributed by atoms with Gasteiger partial charge in [0.05, 0.1) is 24.2 Å². The third kappa shape index (κ3) is 2.75. The van der Waals surface area contributed by atoms with Gasteiger partial charge in [-0.1, -0.05) is 42.5 Å². The highest BCUT2D eigenvalue weighted by atomic mass is 16.5. The molecule has 0 amide bonds. The zero-order chi connectivity index (χ0) is 21.8. The highest BCUT2D eigenvalue weighted by molar-refractivity contribution is 5.61. The number of likely N-dealkylation sites (N-methyl/N-ethyl adjacent to an activating group) is 1. The summed E-state index contributed by atoms with van der Waals surface area (Å²) in [6.45, 7) is 0.793. The van der Waals surface area contributed by atoms with Gasteiger partial charge >= 0.3 is 0 Å². The van der Waals surface area contributed by atoms with E-state index >= 15 is 0 Å². The topological polar surface area (TPSA) is 76.7 Å². The maximum atomic E-state index is 12.4. The molecule has 2 aromatic carbocycles. The zero-order valence-corrected chi connectivity index (χ0v) is 18.0. The number of hydrogen-bond donors (Lipinski definition) is 2. The van der Waals surface area contributed by atoms with Crippen LogP contribution in [0.1, 0.15) is 29.5 Å². The molecule has 1 heterocycles. The van der Waals surface area contributed by atoms with Gasteiger partial charge in [-0.2, -0.15) is 5.26 Å². The second kappa shape index (κ2) is 7.12. The number of benzene rings is 2. The van der Waals surface area contributed by atoms with Crippen molar-refractivity contribution in [2.24, 2.45) is 5.92 Å². The van der Waals surface area contributed by atoms with E-state index in [1.54, 1.807) is 13.2 Å². The zero-order valence-electron chi connectivity index (χ0n) is 18.0. The summed E-state index contributed by atoms with van der Waals surface area (Å²) < 4.78 is 5.40. The average molecular weight is 417 g/mol. The van der Waals surface area contributed by atoms with Gasteiger partial charge in [-0.15, -0.1) is 0 Å². The van der Waals surface area contributed by atoms with Gasteiger partial charge in [0.1, 0.15) is 0 Å². The normalized spacial score (nSPS) is 31.7. The number of aromatic hydroxyl groups is 1. The smallest absolute Gasteiger partial charge is 0.162 e. The summed E-state index contributed by atoms with van der Waals surface area (Å²) in [5.74, 6) is 0.441. The molecule has 0 saturated carbocycles. The first-order valence-electron chi connectivity index (χ1n) is 10.9. The van der Waals surface area contributed by atoms with Crippen LogP contribution in [-0.2, 0) is 18.3 Å². The van der Waals surface area contributed by atoms with Crippen molar-refractivity contribution in [3.8, 4) is 17.6 Å². The Kier molecular flexibility index (Phi) is 4.62. The summed E-state index contributed by atoms with van der Waals surface area (Å²) in [5, 5.41) is 33.6. The molecule has 160 valence electrons. The molecular formula is C26H28N2O3. The van der Waals surface area contributed by atoms with Gasteiger partial charge in [0.2, 0.25) is 0 Å². The lowest BCUT2D eigenvalue weighted by Crippen LogP contribution is -2.71. The lowest BCUT2D eigenvalue weighted by atomic mass is 9.49. The third-order valence-corrected chi connectivity index (χ3v) is 7.87. The van der Waals surface area contributed by atoms with E-state index in [2.05, 4.69) is 30.1 Å². The summed E-state index contributed by atoms with van der Waals surface area (Å²) >= 11 is 0. The minimum absolute atomic E-state index is 0.0613. The number of methoxy groups -OCH3 is 1. The van der Waals surface area contributed by atoms with Crippen molar-refractivity contribution >= 4 is 0 Å². The molecular weight excluding hydrogens is 388 g/mol. The molecule has 1 aliphatic heterocycles. The standard InChI is InChI=1S/C26H28N2O3/c1-28-11-10-25-14-20(16-27)19(12-17-6-4-3-5-7-17)15-26(25,30)22(28)13-18-8-9-21(31-2)24(29)23(18)25/h3-9,14,19,22,29-30H,10-13,15H2,1-2H3/t19-,22+,25+,26-/m1/s1. The number of aliphatic hydroxyl groups is 1. The molecule has 5 rings (SSSR count). The molecule has 3 aliphatic rings. The number of nitrogens with zero attached hydrogens (tertiary/aromatic N) is 2. The Bertz CT molecular complexity index is 1090. The maximum absolute atomic E-state index is 12.4. The predicted molar refractivity (Wildman–Crippen MR) is 118 cm³/mol. The number of allylic oxidation sites excluding steroid dienone is 1. The largest absolute Gasteiger partial charge is 0.504 e. The van der Waals surface area contributed by atoms with Gasteiger partial charge in [0.25, 0.3) is 0 Å². The fourth-order valence-electron chi connectivity index (χ4n) is 6.37. The Morgan fingerprint density at radius 3 is 2.71 bits per heavy atom. The van der Waals surface area contributed by atoms with E-state index in [1.165, 1.54) is 0 Å². The second-order valence-corrected chi connectivity index (χ2v) is 9.30. The van der Waals surface area contributed by atoms with Crippen molar-refractivity contribution in [3.63, 3.8) is 0 Å². The van der Waals surface area contributed by atoms with Crippen LogP contribution in [0, 0.1) is 17.2 Å². The van der Waals surface area contributed by atoms with Crippen LogP contribution in [0.25, 0.3) is 0 Å². The Balaban J connectivity index is 1.71. The Hall–Kier alpha value is -2.81. The number of phenols is 1.